The number of thiazole rings is 1. The van der Waals surface area contributed by atoms with Crippen molar-refractivity contribution in [2.24, 2.45) is 0 Å². The number of hydrogen-bond acceptors (Lipinski definition) is 7. The second-order valence-corrected chi connectivity index (χ2v) is 9.86. The number of carbonyl (C=O) groups excluding carboxylic acids is 3. The molecular formula is C26H28N4O4S. The number of imide groups is 1. The average molecular weight is 493 g/mol. The molecule has 35 heavy (non-hydrogen) atoms. The van der Waals surface area contributed by atoms with E-state index in [1.54, 1.807) is 29.2 Å². The van der Waals surface area contributed by atoms with Crippen molar-refractivity contribution in [2.45, 2.75) is 26.2 Å². The molecule has 2 aliphatic heterocycles. The predicted octanol–water partition coefficient (Wildman–Crippen LogP) is 3.63. The van der Waals surface area contributed by atoms with Crippen LogP contribution in [0.4, 0.5) is 10.8 Å². The van der Waals surface area contributed by atoms with E-state index in [0.29, 0.717) is 22.9 Å². The van der Waals surface area contributed by atoms with Crippen LogP contribution in [-0.4, -0.2) is 67.0 Å². The number of nitrogens with zero attached hydrogens (tertiary/aromatic N) is 4. The van der Waals surface area contributed by atoms with E-state index in [2.05, 4.69) is 4.90 Å². The maximum atomic E-state index is 13.7. The van der Waals surface area contributed by atoms with Crippen molar-refractivity contribution in [2.75, 3.05) is 49.2 Å². The summed E-state index contributed by atoms with van der Waals surface area (Å²) in [6.07, 6.45) is 1.27. The molecule has 3 heterocycles. The Balaban J connectivity index is 1.38. The zero-order valence-electron chi connectivity index (χ0n) is 19.7. The zero-order chi connectivity index (χ0) is 24.4. The van der Waals surface area contributed by atoms with Crippen LogP contribution in [0.2, 0.25) is 0 Å². The van der Waals surface area contributed by atoms with Crippen molar-refractivity contribution in [3.05, 3.63) is 53.6 Å². The van der Waals surface area contributed by atoms with Crippen LogP contribution >= 0.6 is 11.3 Å². The first-order chi connectivity index (χ1) is 17.0. The Morgan fingerprint density at radius 2 is 1.77 bits per heavy atom. The van der Waals surface area contributed by atoms with Gasteiger partial charge in [-0.3, -0.25) is 29.1 Å². The highest BCUT2D eigenvalue weighted by Crippen LogP contribution is 2.32. The zero-order valence-corrected chi connectivity index (χ0v) is 20.6. The maximum absolute atomic E-state index is 13.7. The molecule has 8 nitrogen and oxygen atoms in total. The quantitative estimate of drug-likeness (QED) is 0.469. The second-order valence-electron chi connectivity index (χ2n) is 8.85. The third-order valence-electron chi connectivity index (χ3n) is 6.47. The smallest absolute Gasteiger partial charge is 0.260 e. The number of fused-ring (bicyclic) bond motifs is 1. The molecule has 2 aromatic carbocycles. The number of amides is 3. The molecule has 2 saturated heterocycles. The van der Waals surface area contributed by atoms with Gasteiger partial charge in [0.2, 0.25) is 11.8 Å². The largest absolute Gasteiger partial charge is 0.379 e. The number of aromatic nitrogens is 1. The van der Waals surface area contributed by atoms with Crippen LogP contribution in [0.1, 0.15) is 35.2 Å². The summed E-state index contributed by atoms with van der Waals surface area (Å²) in [5, 5.41) is 0.676. The highest BCUT2D eigenvalue weighted by Gasteiger charge is 2.30. The lowest BCUT2D eigenvalue weighted by atomic mass is 10.1. The van der Waals surface area contributed by atoms with Crippen molar-refractivity contribution in [1.82, 2.24) is 9.88 Å². The van der Waals surface area contributed by atoms with Crippen LogP contribution < -0.4 is 9.80 Å². The summed E-state index contributed by atoms with van der Waals surface area (Å²) in [4.78, 5) is 47.9. The molecular weight excluding hydrogens is 464 g/mol. The normalized spacial score (nSPS) is 16.9. The van der Waals surface area contributed by atoms with E-state index >= 15 is 0 Å². The van der Waals surface area contributed by atoms with Crippen LogP contribution in [0.25, 0.3) is 10.2 Å². The van der Waals surface area contributed by atoms with Gasteiger partial charge in [0.15, 0.2) is 5.13 Å². The minimum Gasteiger partial charge on any atom is -0.379 e. The molecule has 0 atom stereocenters. The van der Waals surface area contributed by atoms with Crippen molar-refractivity contribution in [1.29, 1.82) is 0 Å². The third-order valence-corrected chi connectivity index (χ3v) is 7.51. The van der Waals surface area contributed by atoms with E-state index in [9.17, 15) is 14.4 Å². The minimum absolute atomic E-state index is 0.144. The van der Waals surface area contributed by atoms with Crippen LogP contribution in [-0.2, 0) is 14.3 Å². The molecule has 0 unspecified atom stereocenters. The number of para-hydroxylation sites is 1. The molecule has 0 spiro atoms. The Kier molecular flexibility index (Phi) is 6.90. The number of benzene rings is 2. The highest BCUT2D eigenvalue weighted by molar-refractivity contribution is 7.22. The minimum atomic E-state index is -0.205. The number of anilines is 2. The summed E-state index contributed by atoms with van der Waals surface area (Å²) in [5.41, 5.74) is 2.99. The fourth-order valence-corrected chi connectivity index (χ4v) is 5.59. The van der Waals surface area contributed by atoms with Crippen molar-refractivity contribution >= 4 is 50.1 Å². The lowest BCUT2D eigenvalue weighted by Gasteiger charge is -2.27. The molecule has 0 bridgehead atoms. The third kappa shape index (κ3) is 4.98. The van der Waals surface area contributed by atoms with Gasteiger partial charge in [-0.2, -0.15) is 0 Å². The summed E-state index contributed by atoms with van der Waals surface area (Å²) in [6, 6.07) is 12.8. The monoisotopic (exact) mass is 492 g/mol. The summed E-state index contributed by atoms with van der Waals surface area (Å²) in [7, 11) is 0. The Morgan fingerprint density at radius 1 is 1.06 bits per heavy atom. The number of rotatable bonds is 7. The molecule has 3 amide bonds. The number of ether oxygens (including phenoxy) is 1. The first-order valence-electron chi connectivity index (χ1n) is 12.0. The molecule has 182 valence electrons. The van der Waals surface area contributed by atoms with Gasteiger partial charge < -0.3 is 4.74 Å². The van der Waals surface area contributed by atoms with E-state index in [-0.39, 0.29) is 30.6 Å². The number of morpholine rings is 1. The average Bonchev–Trinajstić information content (AvgIpc) is 3.46. The van der Waals surface area contributed by atoms with Gasteiger partial charge in [0.1, 0.15) is 0 Å². The van der Waals surface area contributed by atoms with Crippen LogP contribution in [0.15, 0.2) is 42.5 Å². The lowest BCUT2D eigenvalue weighted by Crippen LogP contribution is -2.39. The predicted molar refractivity (Wildman–Crippen MR) is 136 cm³/mol. The summed E-state index contributed by atoms with van der Waals surface area (Å²) in [6.45, 7) is 6.75. The molecule has 0 N–H and O–H groups in total. The van der Waals surface area contributed by atoms with Crippen LogP contribution in [0, 0.1) is 6.92 Å². The molecule has 3 aromatic rings. The summed E-state index contributed by atoms with van der Waals surface area (Å²) < 4.78 is 6.49. The SMILES string of the molecule is Cc1cccc2sc(N(CCCN3CCOCC3)C(=O)c3ccc(N4C(=O)CCC4=O)cc3)nc12. The Hall–Kier alpha value is -3.14. The van der Waals surface area contributed by atoms with Gasteiger partial charge in [-0.15, -0.1) is 0 Å². The van der Waals surface area contributed by atoms with Gasteiger partial charge in [-0.1, -0.05) is 23.5 Å². The standard InChI is InChI=1S/C26H28N4O4S/c1-18-4-2-5-21-24(18)27-26(35-21)29(13-3-12-28-14-16-34-17-15-28)25(33)19-6-8-20(9-7-19)30-22(31)10-11-23(30)32/h2,4-9H,3,10-17H2,1H3. The van der Waals surface area contributed by atoms with E-state index in [0.717, 1.165) is 55.0 Å². The van der Waals surface area contributed by atoms with E-state index in [1.807, 2.05) is 25.1 Å². The fourth-order valence-electron chi connectivity index (χ4n) is 4.52. The topological polar surface area (TPSA) is 83.0 Å². The van der Waals surface area contributed by atoms with Crippen LogP contribution in [0.3, 0.4) is 0 Å². The van der Waals surface area contributed by atoms with Crippen molar-refractivity contribution in [3.63, 3.8) is 0 Å². The molecule has 5 rings (SSSR count). The number of carbonyl (C=O) groups is 3. The molecule has 2 fully saturated rings. The van der Waals surface area contributed by atoms with Gasteiger partial charge >= 0.3 is 0 Å². The van der Waals surface area contributed by atoms with Crippen molar-refractivity contribution in [3.8, 4) is 0 Å². The molecule has 2 aliphatic rings. The van der Waals surface area contributed by atoms with E-state index < -0.39 is 0 Å². The Bertz CT molecular complexity index is 1230. The van der Waals surface area contributed by atoms with Gasteiger partial charge in [-0.25, -0.2) is 4.98 Å². The molecule has 1 aromatic heterocycles. The van der Waals surface area contributed by atoms with Gasteiger partial charge in [0.05, 0.1) is 29.1 Å². The van der Waals surface area contributed by atoms with Gasteiger partial charge in [0.25, 0.3) is 5.91 Å². The fraction of sp³-hybridized carbons (Fsp3) is 0.385. The second kappa shape index (κ2) is 10.2. The first-order valence-corrected chi connectivity index (χ1v) is 12.8. The number of hydrogen-bond donors (Lipinski definition) is 0. The number of aryl methyl sites for hydroxylation is 1. The molecule has 0 saturated carbocycles. The van der Waals surface area contributed by atoms with Crippen LogP contribution in [0.5, 0.6) is 0 Å². The lowest BCUT2D eigenvalue weighted by molar-refractivity contribution is -0.121. The Labute approximate surface area is 208 Å². The van der Waals surface area contributed by atoms with Gasteiger partial charge in [0, 0.05) is 44.6 Å². The summed E-state index contributed by atoms with van der Waals surface area (Å²) >= 11 is 1.52. The Morgan fingerprint density at radius 3 is 2.46 bits per heavy atom. The van der Waals surface area contributed by atoms with E-state index in [4.69, 9.17) is 9.72 Å². The van der Waals surface area contributed by atoms with Crippen molar-refractivity contribution < 1.29 is 19.1 Å². The first kappa shape index (κ1) is 23.6. The highest BCUT2D eigenvalue weighted by atomic mass is 32.1. The van der Waals surface area contributed by atoms with E-state index in [1.165, 1.54) is 16.2 Å². The molecule has 9 heteroatoms. The summed E-state index contributed by atoms with van der Waals surface area (Å²) in [5.74, 6) is -0.554. The molecule has 0 aliphatic carbocycles. The maximum Gasteiger partial charge on any atom is 0.260 e. The molecule has 0 radical (unpaired) electrons. The van der Waals surface area contributed by atoms with Gasteiger partial charge in [-0.05, 0) is 49.2 Å².